The smallest absolute Gasteiger partial charge is 0.229 e. The molecule has 2 aliphatic rings. The van der Waals surface area contributed by atoms with Crippen molar-refractivity contribution in [3.8, 4) is 0 Å². The number of aromatic nitrogens is 1. The summed E-state index contributed by atoms with van der Waals surface area (Å²) in [6.07, 6.45) is 6.15. The van der Waals surface area contributed by atoms with Gasteiger partial charge in [-0.2, -0.15) is 0 Å². The lowest BCUT2D eigenvalue weighted by molar-refractivity contribution is 0.0936. The van der Waals surface area contributed by atoms with Crippen LogP contribution in [0.25, 0.3) is 0 Å². The van der Waals surface area contributed by atoms with E-state index >= 15 is 0 Å². The van der Waals surface area contributed by atoms with E-state index < -0.39 is 10.0 Å². The Morgan fingerprint density at radius 3 is 2.69 bits per heavy atom. The van der Waals surface area contributed by atoms with E-state index in [1.807, 2.05) is 0 Å². The van der Waals surface area contributed by atoms with Gasteiger partial charge in [-0.15, -0.1) is 0 Å². The summed E-state index contributed by atoms with van der Waals surface area (Å²) < 4.78 is 25.1. The van der Waals surface area contributed by atoms with Crippen LogP contribution in [0, 0.1) is 0 Å². The molecule has 2 N–H and O–H groups in total. The zero-order valence-corrected chi connectivity index (χ0v) is 17.0. The summed E-state index contributed by atoms with van der Waals surface area (Å²) in [6, 6.07) is 2.78. The Morgan fingerprint density at radius 2 is 2.08 bits per heavy atom. The maximum absolute atomic E-state index is 11.4. The van der Waals surface area contributed by atoms with Crippen LogP contribution in [0.1, 0.15) is 26.2 Å². The fourth-order valence-electron chi connectivity index (χ4n) is 3.98. The second-order valence-electron chi connectivity index (χ2n) is 7.13. The van der Waals surface area contributed by atoms with Crippen molar-refractivity contribution in [3.05, 3.63) is 17.3 Å². The van der Waals surface area contributed by atoms with E-state index in [9.17, 15) is 8.42 Å². The third-order valence-corrected chi connectivity index (χ3v) is 6.09. The molecule has 2 aliphatic heterocycles. The van der Waals surface area contributed by atoms with Gasteiger partial charge in [0, 0.05) is 31.7 Å². The van der Waals surface area contributed by atoms with Crippen molar-refractivity contribution in [1.82, 2.24) is 15.2 Å². The van der Waals surface area contributed by atoms with Gasteiger partial charge in [0.15, 0.2) is 0 Å². The number of rotatable bonds is 5. The van der Waals surface area contributed by atoms with Gasteiger partial charge in [0.05, 0.1) is 23.2 Å². The average molecular weight is 402 g/mol. The molecule has 1 aromatic rings. The lowest BCUT2D eigenvalue weighted by Gasteiger charge is -2.46. The normalized spacial score (nSPS) is 23.2. The summed E-state index contributed by atoms with van der Waals surface area (Å²) in [4.78, 5) is 9.31. The second kappa shape index (κ2) is 8.29. The molecule has 1 atom stereocenters. The molecule has 0 radical (unpaired) electrons. The molecular weight excluding hydrogens is 374 g/mol. The van der Waals surface area contributed by atoms with Gasteiger partial charge in [-0.25, -0.2) is 13.4 Å². The van der Waals surface area contributed by atoms with Crippen molar-refractivity contribution in [2.75, 3.05) is 48.6 Å². The molecule has 0 amide bonds. The molecule has 26 heavy (non-hydrogen) atoms. The molecule has 0 saturated carbocycles. The monoisotopic (exact) mass is 401 g/mol. The topological polar surface area (TPSA) is 77.6 Å². The Morgan fingerprint density at radius 1 is 1.35 bits per heavy atom. The van der Waals surface area contributed by atoms with Gasteiger partial charge in [-0.3, -0.25) is 9.62 Å². The SMILES string of the molecule is CCC1CN(c2ncc(NS(C)(=O)=O)cc2Cl)CCN1C1CCNCC1. The largest absolute Gasteiger partial charge is 0.353 e. The molecule has 0 bridgehead atoms. The maximum atomic E-state index is 11.4. The Kier molecular flexibility index (Phi) is 6.27. The third kappa shape index (κ3) is 4.79. The number of sulfonamides is 1. The number of hydrogen-bond acceptors (Lipinski definition) is 6. The number of nitrogens with one attached hydrogen (secondary N) is 2. The maximum Gasteiger partial charge on any atom is 0.229 e. The van der Waals surface area contributed by atoms with Crippen molar-refractivity contribution < 1.29 is 8.42 Å². The first-order chi connectivity index (χ1) is 12.4. The highest BCUT2D eigenvalue weighted by Gasteiger charge is 2.32. The second-order valence-corrected chi connectivity index (χ2v) is 9.29. The summed E-state index contributed by atoms with van der Waals surface area (Å²) >= 11 is 6.41. The van der Waals surface area contributed by atoms with Crippen molar-refractivity contribution in [1.29, 1.82) is 0 Å². The fourth-order valence-corrected chi connectivity index (χ4v) is 4.80. The molecule has 0 aromatic carbocycles. The molecule has 3 heterocycles. The molecular formula is C17H28ClN5O2S. The minimum absolute atomic E-state index is 0.390. The lowest BCUT2D eigenvalue weighted by atomic mass is 9.99. The van der Waals surface area contributed by atoms with Crippen LogP contribution in [-0.2, 0) is 10.0 Å². The van der Waals surface area contributed by atoms with Gasteiger partial charge in [0.1, 0.15) is 5.82 Å². The van der Waals surface area contributed by atoms with Gasteiger partial charge in [-0.05, 0) is 38.4 Å². The van der Waals surface area contributed by atoms with Crippen LogP contribution >= 0.6 is 11.6 Å². The van der Waals surface area contributed by atoms with E-state index in [0.29, 0.717) is 22.8 Å². The van der Waals surface area contributed by atoms with E-state index in [2.05, 4.69) is 31.7 Å². The fraction of sp³-hybridized carbons (Fsp3) is 0.706. The van der Waals surface area contributed by atoms with Gasteiger partial charge >= 0.3 is 0 Å². The van der Waals surface area contributed by atoms with E-state index in [1.165, 1.54) is 19.0 Å². The Bertz CT molecular complexity index is 724. The standard InChI is InChI=1S/C17H28ClN5O2S/c1-3-14-12-22(8-9-23(14)15-4-6-19-7-5-15)17-16(18)10-13(11-20-17)21-26(2,24)25/h10-11,14-15,19,21H,3-9,12H2,1-2H3. The van der Waals surface area contributed by atoms with E-state index in [-0.39, 0.29) is 0 Å². The van der Waals surface area contributed by atoms with E-state index in [0.717, 1.165) is 51.2 Å². The van der Waals surface area contributed by atoms with Crippen LogP contribution in [0.5, 0.6) is 0 Å². The highest BCUT2D eigenvalue weighted by molar-refractivity contribution is 7.92. The summed E-state index contributed by atoms with van der Waals surface area (Å²) in [5, 5.41) is 3.91. The number of halogens is 1. The predicted molar refractivity (Wildman–Crippen MR) is 107 cm³/mol. The average Bonchev–Trinajstić information content (AvgIpc) is 2.61. The van der Waals surface area contributed by atoms with Crippen LogP contribution in [0.15, 0.2) is 12.3 Å². The number of anilines is 2. The highest BCUT2D eigenvalue weighted by Crippen LogP contribution is 2.30. The first-order valence-corrected chi connectivity index (χ1v) is 11.5. The Hall–Kier alpha value is -1.09. The molecule has 146 valence electrons. The minimum atomic E-state index is -3.34. The zero-order chi connectivity index (χ0) is 18.7. The molecule has 1 unspecified atom stereocenters. The van der Waals surface area contributed by atoms with Crippen molar-refractivity contribution in [2.45, 2.75) is 38.3 Å². The first kappa shape index (κ1) is 19.7. The highest BCUT2D eigenvalue weighted by atomic mass is 35.5. The van der Waals surface area contributed by atoms with E-state index in [4.69, 9.17) is 11.6 Å². The summed E-state index contributed by atoms with van der Waals surface area (Å²) in [7, 11) is -3.34. The molecule has 2 fully saturated rings. The Balaban J connectivity index is 1.70. The Labute approximate surface area is 161 Å². The molecule has 3 rings (SSSR count). The van der Waals surface area contributed by atoms with Gasteiger partial charge in [-0.1, -0.05) is 18.5 Å². The number of piperazine rings is 1. The molecule has 0 aliphatic carbocycles. The predicted octanol–water partition coefficient (Wildman–Crippen LogP) is 1.76. The minimum Gasteiger partial charge on any atom is -0.353 e. The third-order valence-electron chi connectivity index (χ3n) is 5.20. The summed E-state index contributed by atoms with van der Waals surface area (Å²) in [5.74, 6) is 0.731. The van der Waals surface area contributed by atoms with Crippen LogP contribution in [0.3, 0.4) is 0 Å². The number of hydrogen-bond donors (Lipinski definition) is 2. The number of nitrogens with zero attached hydrogens (tertiary/aromatic N) is 3. The number of pyridine rings is 1. The summed E-state index contributed by atoms with van der Waals surface area (Å²) in [5.41, 5.74) is 0.390. The zero-order valence-electron chi connectivity index (χ0n) is 15.4. The van der Waals surface area contributed by atoms with Crippen molar-refractivity contribution >= 4 is 33.1 Å². The van der Waals surface area contributed by atoms with E-state index in [1.54, 1.807) is 6.07 Å². The van der Waals surface area contributed by atoms with Crippen molar-refractivity contribution in [2.24, 2.45) is 0 Å². The van der Waals surface area contributed by atoms with Crippen LogP contribution in [-0.4, -0.2) is 69.4 Å². The van der Waals surface area contributed by atoms with Crippen LogP contribution in [0.2, 0.25) is 5.02 Å². The first-order valence-electron chi connectivity index (χ1n) is 9.22. The molecule has 2 saturated heterocycles. The molecule has 9 heteroatoms. The van der Waals surface area contributed by atoms with Gasteiger partial charge in [0.2, 0.25) is 10.0 Å². The summed E-state index contributed by atoms with van der Waals surface area (Å²) in [6.45, 7) is 7.21. The molecule has 0 spiro atoms. The molecule has 1 aromatic heterocycles. The van der Waals surface area contributed by atoms with Crippen LogP contribution in [0.4, 0.5) is 11.5 Å². The lowest BCUT2D eigenvalue weighted by Crippen LogP contribution is -2.58. The quantitative estimate of drug-likeness (QED) is 0.782. The van der Waals surface area contributed by atoms with Crippen molar-refractivity contribution in [3.63, 3.8) is 0 Å². The van der Waals surface area contributed by atoms with Gasteiger partial charge in [0.25, 0.3) is 0 Å². The van der Waals surface area contributed by atoms with Gasteiger partial charge < -0.3 is 10.2 Å². The van der Waals surface area contributed by atoms with Crippen LogP contribution < -0.4 is 14.9 Å². The molecule has 7 nitrogen and oxygen atoms in total. The number of piperidine rings is 1.